The molecule has 1 aliphatic rings. The van der Waals surface area contributed by atoms with Crippen molar-refractivity contribution in [1.82, 2.24) is 9.13 Å². The normalized spacial score (nSPS) is 12.3. The summed E-state index contributed by atoms with van der Waals surface area (Å²) in [6, 6.07) is 17.2. The summed E-state index contributed by atoms with van der Waals surface area (Å²) in [4.78, 5) is 25.7. The van der Waals surface area contributed by atoms with Crippen LogP contribution in [-0.2, 0) is 17.9 Å². The van der Waals surface area contributed by atoms with Gasteiger partial charge < -0.3 is 23.9 Å². The quantitative estimate of drug-likeness (QED) is 0.541. The van der Waals surface area contributed by atoms with E-state index in [9.17, 15) is 9.59 Å². The van der Waals surface area contributed by atoms with Crippen molar-refractivity contribution in [2.75, 3.05) is 12.1 Å². The summed E-state index contributed by atoms with van der Waals surface area (Å²) in [5, 5.41) is 3.66. The molecule has 5 rings (SSSR count). The summed E-state index contributed by atoms with van der Waals surface area (Å²) < 4.78 is 14.0. The standard InChI is InChI=1S/C24H21N3O4/c1-16-3-2-4-17(11-16)13-26-9-7-18-8-10-27(24(29)23(18)26)14-22(28)25-19-5-6-20-21(12-19)31-15-30-20/h2-12H,13-15H2,1H3,(H,25,28). The van der Waals surface area contributed by atoms with Crippen molar-refractivity contribution in [2.24, 2.45) is 0 Å². The van der Waals surface area contributed by atoms with Crippen LogP contribution >= 0.6 is 0 Å². The fraction of sp³-hybridized carbons (Fsp3) is 0.167. The van der Waals surface area contributed by atoms with Crippen LogP contribution in [0.1, 0.15) is 11.1 Å². The number of nitrogens with one attached hydrogen (secondary N) is 1. The van der Waals surface area contributed by atoms with Gasteiger partial charge in [-0.25, -0.2) is 0 Å². The molecule has 4 aromatic rings. The Labute approximate surface area is 178 Å². The molecular weight excluding hydrogens is 394 g/mol. The molecule has 0 saturated carbocycles. The molecule has 2 aromatic heterocycles. The van der Waals surface area contributed by atoms with Crippen LogP contribution in [0.3, 0.4) is 0 Å². The average molecular weight is 415 g/mol. The Morgan fingerprint density at radius 3 is 2.65 bits per heavy atom. The average Bonchev–Trinajstić information content (AvgIpc) is 3.37. The van der Waals surface area contributed by atoms with Crippen molar-refractivity contribution in [2.45, 2.75) is 20.0 Å². The topological polar surface area (TPSA) is 74.5 Å². The molecule has 7 nitrogen and oxygen atoms in total. The highest BCUT2D eigenvalue weighted by atomic mass is 16.7. The lowest BCUT2D eigenvalue weighted by atomic mass is 10.1. The number of pyridine rings is 1. The van der Waals surface area contributed by atoms with Crippen molar-refractivity contribution in [3.63, 3.8) is 0 Å². The maximum Gasteiger partial charge on any atom is 0.275 e. The lowest BCUT2D eigenvalue weighted by molar-refractivity contribution is -0.116. The van der Waals surface area contributed by atoms with E-state index in [1.165, 1.54) is 10.1 Å². The molecule has 31 heavy (non-hydrogen) atoms. The molecule has 3 heterocycles. The second-order valence-corrected chi connectivity index (χ2v) is 7.60. The van der Waals surface area contributed by atoms with Crippen LogP contribution in [0.25, 0.3) is 10.9 Å². The molecule has 0 fully saturated rings. The van der Waals surface area contributed by atoms with Gasteiger partial charge in [-0.15, -0.1) is 0 Å². The number of benzene rings is 2. The zero-order chi connectivity index (χ0) is 21.4. The summed E-state index contributed by atoms with van der Waals surface area (Å²) in [7, 11) is 0. The number of carbonyl (C=O) groups is 1. The molecule has 1 amide bonds. The number of nitrogens with zero attached hydrogens (tertiary/aromatic N) is 2. The Morgan fingerprint density at radius 1 is 1.00 bits per heavy atom. The monoisotopic (exact) mass is 415 g/mol. The van der Waals surface area contributed by atoms with Gasteiger partial charge in [-0.3, -0.25) is 9.59 Å². The number of aromatic nitrogens is 2. The Bertz CT molecular complexity index is 1350. The van der Waals surface area contributed by atoms with Gasteiger partial charge >= 0.3 is 0 Å². The van der Waals surface area contributed by atoms with Crippen molar-refractivity contribution < 1.29 is 14.3 Å². The predicted octanol–water partition coefficient (Wildman–Crippen LogP) is 3.53. The van der Waals surface area contributed by atoms with E-state index < -0.39 is 0 Å². The summed E-state index contributed by atoms with van der Waals surface area (Å²) in [6.07, 6.45) is 3.56. The van der Waals surface area contributed by atoms with E-state index in [2.05, 4.69) is 11.4 Å². The summed E-state index contributed by atoms with van der Waals surface area (Å²) >= 11 is 0. The highest BCUT2D eigenvalue weighted by Crippen LogP contribution is 2.34. The first-order valence-corrected chi connectivity index (χ1v) is 10.0. The Morgan fingerprint density at radius 2 is 1.81 bits per heavy atom. The summed E-state index contributed by atoms with van der Waals surface area (Å²) in [5.74, 6) is 0.941. The smallest absolute Gasteiger partial charge is 0.275 e. The minimum Gasteiger partial charge on any atom is -0.454 e. The molecule has 0 atom stereocenters. The molecule has 0 aliphatic carbocycles. The van der Waals surface area contributed by atoms with Crippen LogP contribution in [0, 0.1) is 6.92 Å². The molecule has 2 aromatic carbocycles. The van der Waals surface area contributed by atoms with Gasteiger partial charge in [0, 0.05) is 36.1 Å². The first kappa shape index (κ1) is 19.0. The Hall–Kier alpha value is -4.00. The molecule has 0 spiro atoms. The molecule has 1 N–H and O–H groups in total. The lowest BCUT2D eigenvalue weighted by Gasteiger charge is -2.10. The Kier molecular flexibility index (Phi) is 4.71. The van der Waals surface area contributed by atoms with Gasteiger partial charge in [-0.05, 0) is 36.8 Å². The molecule has 156 valence electrons. The van der Waals surface area contributed by atoms with Crippen molar-refractivity contribution >= 4 is 22.5 Å². The number of hydrogen-bond donors (Lipinski definition) is 1. The van der Waals surface area contributed by atoms with Gasteiger partial charge in [0.25, 0.3) is 5.56 Å². The van der Waals surface area contributed by atoms with E-state index in [-0.39, 0.29) is 24.8 Å². The number of anilines is 1. The van der Waals surface area contributed by atoms with Crippen molar-refractivity contribution in [3.05, 3.63) is 88.5 Å². The highest BCUT2D eigenvalue weighted by Gasteiger charge is 2.15. The van der Waals surface area contributed by atoms with E-state index in [0.29, 0.717) is 29.2 Å². The third-order valence-corrected chi connectivity index (χ3v) is 5.30. The predicted molar refractivity (Wildman–Crippen MR) is 118 cm³/mol. The minimum atomic E-state index is -0.294. The minimum absolute atomic E-state index is 0.0845. The molecule has 1 aliphatic heterocycles. The largest absolute Gasteiger partial charge is 0.454 e. The second-order valence-electron chi connectivity index (χ2n) is 7.60. The van der Waals surface area contributed by atoms with Gasteiger partial charge in [0.1, 0.15) is 12.1 Å². The SMILES string of the molecule is Cc1cccc(Cn2ccc3ccn(CC(=O)Nc4ccc5c(c4)OCO5)c(=O)c32)c1. The van der Waals surface area contributed by atoms with Gasteiger partial charge in [0.05, 0.1) is 0 Å². The van der Waals surface area contributed by atoms with Gasteiger partial charge in [0.2, 0.25) is 12.7 Å². The van der Waals surface area contributed by atoms with Crippen molar-refractivity contribution in [3.8, 4) is 11.5 Å². The maximum absolute atomic E-state index is 13.1. The van der Waals surface area contributed by atoms with E-state index in [1.54, 1.807) is 24.4 Å². The number of fused-ring (bicyclic) bond motifs is 2. The first-order chi connectivity index (χ1) is 15.1. The fourth-order valence-electron chi connectivity index (χ4n) is 3.84. The maximum atomic E-state index is 13.1. The highest BCUT2D eigenvalue weighted by molar-refractivity contribution is 5.91. The van der Waals surface area contributed by atoms with Crippen LogP contribution in [0.15, 0.2) is 71.8 Å². The number of carbonyl (C=O) groups excluding carboxylic acids is 1. The van der Waals surface area contributed by atoms with Crippen LogP contribution in [0.5, 0.6) is 11.5 Å². The molecule has 0 radical (unpaired) electrons. The van der Waals surface area contributed by atoms with E-state index in [1.807, 2.05) is 48.0 Å². The third kappa shape index (κ3) is 3.77. The Balaban J connectivity index is 1.38. The number of amides is 1. The molecule has 0 saturated heterocycles. The molecule has 7 heteroatoms. The molecule has 0 bridgehead atoms. The zero-order valence-electron chi connectivity index (χ0n) is 17.0. The van der Waals surface area contributed by atoms with Crippen LogP contribution in [-0.4, -0.2) is 21.8 Å². The van der Waals surface area contributed by atoms with E-state index in [0.717, 1.165) is 10.9 Å². The first-order valence-electron chi connectivity index (χ1n) is 10.0. The van der Waals surface area contributed by atoms with Crippen molar-refractivity contribution in [1.29, 1.82) is 0 Å². The zero-order valence-corrected chi connectivity index (χ0v) is 17.0. The number of aryl methyl sites for hydroxylation is 1. The van der Waals surface area contributed by atoms with Gasteiger partial charge in [-0.2, -0.15) is 0 Å². The van der Waals surface area contributed by atoms with Crippen LogP contribution < -0.4 is 20.3 Å². The fourth-order valence-corrected chi connectivity index (χ4v) is 3.84. The lowest BCUT2D eigenvalue weighted by Crippen LogP contribution is -2.28. The van der Waals surface area contributed by atoms with Crippen LogP contribution in [0.4, 0.5) is 5.69 Å². The number of hydrogen-bond acceptors (Lipinski definition) is 4. The summed E-state index contributed by atoms with van der Waals surface area (Å²) in [5.41, 5.74) is 3.27. The third-order valence-electron chi connectivity index (χ3n) is 5.30. The second kappa shape index (κ2) is 7.68. The molecule has 0 unspecified atom stereocenters. The van der Waals surface area contributed by atoms with Gasteiger partial charge in [-0.1, -0.05) is 29.8 Å². The van der Waals surface area contributed by atoms with E-state index in [4.69, 9.17) is 9.47 Å². The number of rotatable bonds is 5. The van der Waals surface area contributed by atoms with E-state index >= 15 is 0 Å². The molecular formula is C24H21N3O4. The summed E-state index contributed by atoms with van der Waals surface area (Å²) in [6.45, 7) is 2.72. The number of ether oxygens (including phenoxy) is 2. The van der Waals surface area contributed by atoms with Crippen LogP contribution in [0.2, 0.25) is 0 Å². The van der Waals surface area contributed by atoms with Gasteiger partial charge in [0.15, 0.2) is 11.5 Å².